The topological polar surface area (TPSA) is 284 Å². The summed E-state index contributed by atoms with van der Waals surface area (Å²) in [5.41, 5.74) is 12.2. The van der Waals surface area contributed by atoms with Crippen LogP contribution in [0.4, 0.5) is 0 Å². The van der Waals surface area contributed by atoms with Crippen LogP contribution in [0, 0.1) is 0 Å². The number of hydrogen-bond acceptors (Lipinski definition) is 8. The molecule has 0 spiro atoms. The number of aromatic amines is 1. The van der Waals surface area contributed by atoms with E-state index in [1.807, 2.05) is 5.32 Å². The van der Waals surface area contributed by atoms with Crippen molar-refractivity contribution in [2.45, 2.75) is 56.3 Å². The predicted octanol–water partition coefficient (Wildman–Crippen LogP) is -2.21. The summed E-state index contributed by atoms with van der Waals surface area (Å²) in [6.45, 7) is 0. The first-order valence-corrected chi connectivity index (χ1v) is 11.9. The maximum atomic E-state index is 13.3. The van der Waals surface area contributed by atoms with Crippen LogP contribution in [-0.4, -0.2) is 86.0 Å². The molecule has 0 aliphatic carbocycles. The zero-order valence-corrected chi connectivity index (χ0v) is 21.1. The van der Waals surface area contributed by atoms with Crippen LogP contribution in [0.5, 0.6) is 0 Å². The molecule has 1 heterocycles. The van der Waals surface area contributed by atoms with Crippen LogP contribution in [0.2, 0.25) is 0 Å². The third kappa shape index (κ3) is 9.39. The summed E-state index contributed by atoms with van der Waals surface area (Å²) in [4.78, 5) is 86.4. The van der Waals surface area contributed by atoms with E-state index < -0.39 is 78.5 Å². The van der Waals surface area contributed by atoms with Crippen molar-refractivity contribution < 1.29 is 48.9 Å². The predicted molar refractivity (Wildman–Crippen MR) is 136 cm³/mol. The average Bonchev–Trinajstić information content (AvgIpc) is 3.28. The van der Waals surface area contributed by atoms with Crippen LogP contribution in [0.1, 0.15) is 31.2 Å². The lowest BCUT2D eigenvalue weighted by molar-refractivity contribution is -0.148. The number of para-hydroxylation sites is 1. The molecular formula is C24H30N6O10. The summed E-state index contributed by atoms with van der Waals surface area (Å²) in [5.74, 6) is -8.55. The van der Waals surface area contributed by atoms with Gasteiger partial charge < -0.3 is 47.7 Å². The average molecular weight is 563 g/mol. The Bertz CT molecular complexity index is 1290. The summed E-state index contributed by atoms with van der Waals surface area (Å²) in [7, 11) is 0. The fraction of sp³-hybridized carbons (Fsp3) is 0.375. The Balaban J connectivity index is 2.31. The highest BCUT2D eigenvalue weighted by Crippen LogP contribution is 2.19. The van der Waals surface area contributed by atoms with E-state index in [4.69, 9.17) is 16.6 Å². The van der Waals surface area contributed by atoms with Gasteiger partial charge in [-0.25, -0.2) is 4.79 Å². The molecule has 0 saturated heterocycles. The molecule has 1 aromatic carbocycles. The van der Waals surface area contributed by atoms with Gasteiger partial charge in [0.2, 0.25) is 23.6 Å². The summed E-state index contributed by atoms with van der Waals surface area (Å²) in [5, 5.41) is 34.6. The number of carboxylic acid groups (broad SMARTS) is 3. The van der Waals surface area contributed by atoms with E-state index in [-0.39, 0.29) is 19.3 Å². The normalized spacial score (nSPS) is 13.8. The minimum atomic E-state index is -1.90. The molecule has 0 fully saturated rings. The number of carbonyl (C=O) groups is 7. The number of nitrogens with one attached hydrogen (secondary N) is 4. The molecule has 0 radical (unpaired) electrons. The highest BCUT2D eigenvalue weighted by molar-refractivity contribution is 5.96. The molecule has 16 nitrogen and oxygen atoms in total. The Morgan fingerprint density at radius 3 is 1.95 bits per heavy atom. The van der Waals surface area contributed by atoms with Gasteiger partial charge in [-0.2, -0.15) is 0 Å². The Morgan fingerprint density at radius 2 is 1.35 bits per heavy atom. The maximum Gasteiger partial charge on any atom is 0.326 e. The number of carboxylic acids is 3. The van der Waals surface area contributed by atoms with Gasteiger partial charge >= 0.3 is 17.9 Å². The summed E-state index contributed by atoms with van der Waals surface area (Å²) in [6.07, 6.45) is -0.847. The van der Waals surface area contributed by atoms with Crippen LogP contribution in [0.3, 0.4) is 0 Å². The fourth-order valence-corrected chi connectivity index (χ4v) is 3.74. The van der Waals surface area contributed by atoms with Crippen molar-refractivity contribution in [3.05, 3.63) is 36.0 Å². The van der Waals surface area contributed by atoms with Crippen molar-refractivity contribution in [3.8, 4) is 0 Å². The largest absolute Gasteiger partial charge is 0.481 e. The molecule has 2 aromatic rings. The van der Waals surface area contributed by atoms with Crippen molar-refractivity contribution in [2.75, 3.05) is 0 Å². The minimum Gasteiger partial charge on any atom is -0.481 e. The first-order valence-electron chi connectivity index (χ1n) is 11.9. The fourth-order valence-electron chi connectivity index (χ4n) is 3.74. The SMILES string of the molecule is NC(=O)CCC(N)C(=O)NC(Cc1c[nH]c2ccccc12)C(=O)NC(CC(=O)O)C(=O)NC(CC(=O)O)C(=O)O. The van der Waals surface area contributed by atoms with E-state index in [1.54, 1.807) is 30.5 Å². The molecule has 4 unspecified atom stereocenters. The van der Waals surface area contributed by atoms with Gasteiger partial charge in [0.05, 0.1) is 18.9 Å². The smallest absolute Gasteiger partial charge is 0.326 e. The number of hydrogen-bond donors (Lipinski definition) is 9. The first-order chi connectivity index (χ1) is 18.8. The molecule has 11 N–H and O–H groups in total. The number of rotatable bonds is 16. The Labute approximate surface area is 226 Å². The van der Waals surface area contributed by atoms with Crippen molar-refractivity contribution in [3.63, 3.8) is 0 Å². The lowest BCUT2D eigenvalue weighted by atomic mass is 10.0. The molecule has 4 amide bonds. The molecule has 40 heavy (non-hydrogen) atoms. The van der Waals surface area contributed by atoms with Crippen molar-refractivity contribution in [2.24, 2.45) is 11.5 Å². The highest BCUT2D eigenvalue weighted by atomic mass is 16.4. The number of H-pyrrole nitrogens is 1. The maximum absolute atomic E-state index is 13.3. The molecule has 0 bridgehead atoms. The van der Waals surface area contributed by atoms with Crippen molar-refractivity contribution >= 4 is 52.4 Å². The van der Waals surface area contributed by atoms with Gasteiger partial charge in [-0.1, -0.05) is 18.2 Å². The lowest BCUT2D eigenvalue weighted by Gasteiger charge is -2.24. The number of nitrogens with two attached hydrogens (primary N) is 2. The number of aromatic nitrogens is 1. The third-order valence-electron chi connectivity index (χ3n) is 5.78. The van der Waals surface area contributed by atoms with E-state index in [0.717, 1.165) is 5.52 Å². The number of benzene rings is 1. The Morgan fingerprint density at radius 1 is 0.800 bits per heavy atom. The van der Waals surface area contributed by atoms with Crippen LogP contribution >= 0.6 is 0 Å². The Hall–Kier alpha value is -4.99. The van der Waals surface area contributed by atoms with E-state index in [9.17, 15) is 43.8 Å². The van der Waals surface area contributed by atoms with Gasteiger partial charge in [-0.05, 0) is 18.1 Å². The third-order valence-corrected chi connectivity index (χ3v) is 5.78. The van der Waals surface area contributed by atoms with Gasteiger partial charge in [-0.15, -0.1) is 0 Å². The Kier molecular flexibility index (Phi) is 11.1. The summed E-state index contributed by atoms with van der Waals surface area (Å²) < 4.78 is 0. The summed E-state index contributed by atoms with van der Waals surface area (Å²) in [6, 6.07) is 0.698. The second-order valence-electron chi connectivity index (χ2n) is 8.89. The van der Waals surface area contributed by atoms with Gasteiger partial charge in [-0.3, -0.25) is 28.8 Å². The number of carbonyl (C=O) groups excluding carboxylic acids is 4. The molecule has 1 aromatic heterocycles. The van der Waals surface area contributed by atoms with Crippen molar-refractivity contribution in [1.29, 1.82) is 0 Å². The first kappa shape index (κ1) is 31.2. The molecule has 16 heteroatoms. The summed E-state index contributed by atoms with van der Waals surface area (Å²) >= 11 is 0. The molecule has 0 saturated carbocycles. The number of aliphatic carboxylic acids is 3. The minimum absolute atomic E-state index is 0.118. The van der Waals surface area contributed by atoms with E-state index in [0.29, 0.717) is 10.9 Å². The number of amides is 4. The molecule has 216 valence electrons. The molecule has 0 aliphatic rings. The second kappa shape index (κ2) is 14.2. The number of fused-ring (bicyclic) bond motifs is 1. The van der Waals surface area contributed by atoms with Crippen LogP contribution in [-0.2, 0) is 40.0 Å². The van der Waals surface area contributed by atoms with Crippen LogP contribution in [0.15, 0.2) is 30.5 Å². The highest BCUT2D eigenvalue weighted by Gasteiger charge is 2.32. The van der Waals surface area contributed by atoms with Gasteiger partial charge in [0.15, 0.2) is 0 Å². The standard InChI is InChI=1S/C24H30N6O10/c25-13(5-6-18(26)31)21(36)28-15(7-11-10-27-14-4-2-1-3-12(11)14)22(37)29-16(8-19(32)33)23(38)30-17(24(39)40)9-20(34)35/h1-4,10,13,15-17,27H,5-9,25H2,(H2,26,31)(H,28,36)(H,29,37)(H,30,38)(H,32,33)(H,34,35)(H,39,40). The van der Waals surface area contributed by atoms with Crippen molar-refractivity contribution in [1.82, 2.24) is 20.9 Å². The van der Waals surface area contributed by atoms with Crippen LogP contribution < -0.4 is 27.4 Å². The molecular weight excluding hydrogens is 532 g/mol. The van der Waals surface area contributed by atoms with Gasteiger partial charge in [0.25, 0.3) is 0 Å². The van der Waals surface area contributed by atoms with E-state index in [1.165, 1.54) is 0 Å². The lowest BCUT2D eigenvalue weighted by Crippen LogP contribution is -2.58. The monoisotopic (exact) mass is 562 g/mol. The molecule has 2 rings (SSSR count). The molecule has 4 atom stereocenters. The van der Waals surface area contributed by atoms with E-state index >= 15 is 0 Å². The van der Waals surface area contributed by atoms with Gasteiger partial charge in [0, 0.05) is 29.9 Å². The number of primary amides is 1. The quantitative estimate of drug-likeness (QED) is 0.106. The zero-order chi connectivity index (χ0) is 30.0. The molecule has 0 aliphatic heterocycles. The van der Waals surface area contributed by atoms with E-state index in [2.05, 4.69) is 15.6 Å². The zero-order valence-electron chi connectivity index (χ0n) is 21.1. The second-order valence-corrected chi connectivity index (χ2v) is 8.89. The van der Waals surface area contributed by atoms with Crippen LogP contribution in [0.25, 0.3) is 10.9 Å². The van der Waals surface area contributed by atoms with Gasteiger partial charge in [0.1, 0.15) is 18.1 Å².